The van der Waals surface area contributed by atoms with Crippen LogP contribution >= 0.6 is 0 Å². The van der Waals surface area contributed by atoms with Crippen LogP contribution in [-0.4, -0.2) is 22.2 Å². The van der Waals surface area contributed by atoms with Gasteiger partial charge >= 0.3 is 7.12 Å². The van der Waals surface area contributed by atoms with E-state index in [1.807, 2.05) is 0 Å². The number of benzene rings is 1. The molecule has 1 heterocycles. The van der Waals surface area contributed by atoms with Crippen molar-refractivity contribution in [1.82, 2.24) is 4.98 Å². The van der Waals surface area contributed by atoms with E-state index in [-0.39, 0.29) is 17.4 Å². The first-order valence-electron chi connectivity index (χ1n) is 4.24. The molecular weight excluding hydrogens is 200 g/mol. The number of oxazole rings is 1. The highest BCUT2D eigenvalue weighted by Crippen LogP contribution is 2.16. The summed E-state index contributed by atoms with van der Waals surface area (Å²) in [6, 6.07) is 5.53. The molecule has 15 heavy (non-hydrogen) atoms. The Hall–Kier alpha value is -1.66. The van der Waals surface area contributed by atoms with Crippen LogP contribution < -0.4 is 5.66 Å². The van der Waals surface area contributed by atoms with Gasteiger partial charge in [0.1, 0.15) is 5.82 Å². The Morgan fingerprint density at radius 2 is 1.87 bits per heavy atom. The fourth-order valence-electron chi connectivity index (χ4n) is 1.13. The summed E-state index contributed by atoms with van der Waals surface area (Å²) >= 11 is 0. The summed E-state index contributed by atoms with van der Waals surface area (Å²) in [7, 11) is -1.69. The number of hydrogen-bond acceptors (Lipinski definition) is 4. The predicted molar refractivity (Wildman–Crippen MR) is 51.7 cm³/mol. The van der Waals surface area contributed by atoms with Gasteiger partial charge in [-0.3, -0.25) is 0 Å². The Morgan fingerprint density at radius 3 is 2.40 bits per heavy atom. The maximum atomic E-state index is 12.6. The first-order valence-corrected chi connectivity index (χ1v) is 4.24. The van der Waals surface area contributed by atoms with Crippen LogP contribution in [0.3, 0.4) is 0 Å². The lowest BCUT2D eigenvalue weighted by molar-refractivity contribution is 0.410. The van der Waals surface area contributed by atoms with Gasteiger partial charge in [0, 0.05) is 5.56 Å². The van der Waals surface area contributed by atoms with Gasteiger partial charge in [-0.25, -0.2) is 9.37 Å². The minimum atomic E-state index is -1.69. The zero-order chi connectivity index (χ0) is 10.8. The largest absolute Gasteiger partial charge is 0.528 e. The van der Waals surface area contributed by atoms with E-state index in [1.165, 1.54) is 30.5 Å². The van der Waals surface area contributed by atoms with Crippen molar-refractivity contribution in [3.05, 3.63) is 36.3 Å². The summed E-state index contributed by atoms with van der Waals surface area (Å²) < 4.78 is 17.6. The van der Waals surface area contributed by atoms with Crippen molar-refractivity contribution in [2.24, 2.45) is 0 Å². The number of aromatic nitrogens is 1. The molecule has 0 spiro atoms. The summed E-state index contributed by atoms with van der Waals surface area (Å²) in [6.45, 7) is 0. The van der Waals surface area contributed by atoms with Gasteiger partial charge in [0.15, 0.2) is 5.66 Å². The van der Waals surface area contributed by atoms with Crippen LogP contribution in [0, 0.1) is 5.82 Å². The molecule has 76 valence electrons. The summed E-state index contributed by atoms with van der Waals surface area (Å²) in [5.74, 6) is -0.133. The zero-order valence-electron chi connectivity index (χ0n) is 7.59. The average molecular weight is 207 g/mol. The molecule has 0 atom stereocenters. The first-order chi connectivity index (χ1) is 7.16. The van der Waals surface area contributed by atoms with Crippen molar-refractivity contribution < 1.29 is 18.9 Å². The predicted octanol–water partition coefficient (Wildman–Crippen LogP) is 0.161. The van der Waals surface area contributed by atoms with E-state index in [0.717, 1.165) is 0 Å². The lowest BCUT2D eigenvalue weighted by Crippen LogP contribution is -2.28. The number of nitrogens with zero attached hydrogens (tertiary/aromatic N) is 1. The highest BCUT2D eigenvalue weighted by atomic mass is 19.1. The molecule has 0 bridgehead atoms. The molecule has 2 N–H and O–H groups in total. The van der Waals surface area contributed by atoms with E-state index in [9.17, 15) is 4.39 Å². The lowest BCUT2D eigenvalue weighted by atomic mass is 9.89. The van der Waals surface area contributed by atoms with Gasteiger partial charge in [-0.15, -0.1) is 0 Å². The molecule has 4 nitrogen and oxygen atoms in total. The molecule has 0 aliphatic heterocycles. The summed E-state index contributed by atoms with van der Waals surface area (Å²) in [5.41, 5.74) is 0.526. The smallest absolute Gasteiger partial charge is 0.445 e. The molecule has 0 amide bonds. The molecule has 0 fully saturated rings. The molecule has 0 radical (unpaired) electrons. The normalized spacial score (nSPS) is 10.3. The van der Waals surface area contributed by atoms with Crippen molar-refractivity contribution in [3.8, 4) is 11.5 Å². The SMILES string of the molecule is OB(O)c1cnc(-c2ccc(F)cc2)o1. The van der Waals surface area contributed by atoms with Gasteiger partial charge in [0.25, 0.3) is 0 Å². The summed E-state index contributed by atoms with van der Waals surface area (Å²) in [4.78, 5) is 3.83. The van der Waals surface area contributed by atoms with Crippen molar-refractivity contribution in [1.29, 1.82) is 0 Å². The van der Waals surface area contributed by atoms with Gasteiger partial charge in [0.05, 0.1) is 6.20 Å². The number of halogens is 1. The Morgan fingerprint density at radius 1 is 1.20 bits per heavy atom. The topological polar surface area (TPSA) is 66.5 Å². The third kappa shape index (κ3) is 2.06. The van der Waals surface area contributed by atoms with E-state index < -0.39 is 7.12 Å². The van der Waals surface area contributed by atoms with Crippen LogP contribution in [0.25, 0.3) is 11.5 Å². The second-order valence-electron chi connectivity index (χ2n) is 2.95. The quantitative estimate of drug-likeness (QED) is 0.688. The van der Waals surface area contributed by atoms with Gasteiger partial charge in [-0.1, -0.05) is 0 Å². The number of hydrogen-bond donors (Lipinski definition) is 2. The van der Waals surface area contributed by atoms with Gasteiger partial charge < -0.3 is 14.5 Å². The van der Waals surface area contributed by atoms with Crippen LogP contribution in [0.4, 0.5) is 4.39 Å². The first kappa shape index (κ1) is 9.88. The van der Waals surface area contributed by atoms with Gasteiger partial charge in [-0.2, -0.15) is 0 Å². The Bertz CT molecular complexity index is 455. The molecule has 0 unspecified atom stereocenters. The minimum absolute atomic E-state index is 0.0469. The van der Waals surface area contributed by atoms with Crippen LogP contribution in [0.5, 0.6) is 0 Å². The van der Waals surface area contributed by atoms with Crippen molar-refractivity contribution in [2.45, 2.75) is 0 Å². The molecule has 0 saturated heterocycles. The molecule has 2 rings (SSSR count). The molecule has 1 aromatic heterocycles. The van der Waals surface area contributed by atoms with E-state index >= 15 is 0 Å². The minimum Gasteiger partial charge on any atom is -0.445 e. The average Bonchev–Trinajstić information content (AvgIpc) is 2.68. The van der Waals surface area contributed by atoms with E-state index in [1.54, 1.807) is 0 Å². The number of rotatable bonds is 2. The third-order valence-corrected chi connectivity index (χ3v) is 1.87. The fraction of sp³-hybridized carbons (Fsp3) is 0. The van der Waals surface area contributed by atoms with Crippen molar-refractivity contribution in [2.75, 3.05) is 0 Å². The van der Waals surface area contributed by atoms with Gasteiger partial charge in [0.2, 0.25) is 5.89 Å². The molecular formula is C9H7BFNO3. The lowest BCUT2D eigenvalue weighted by Gasteiger charge is -1.95. The summed E-state index contributed by atoms with van der Waals surface area (Å²) in [6.07, 6.45) is 1.21. The second-order valence-corrected chi connectivity index (χ2v) is 2.95. The van der Waals surface area contributed by atoms with E-state index in [4.69, 9.17) is 14.5 Å². The fourth-order valence-corrected chi connectivity index (χ4v) is 1.13. The van der Waals surface area contributed by atoms with Gasteiger partial charge in [-0.05, 0) is 24.3 Å². The molecule has 1 aromatic carbocycles. The Kier molecular flexibility index (Phi) is 2.53. The summed E-state index contributed by atoms with van der Waals surface area (Å²) in [5, 5.41) is 17.6. The molecule has 0 aliphatic carbocycles. The third-order valence-electron chi connectivity index (χ3n) is 1.87. The van der Waals surface area contributed by atoms with E-state index in [2.05, 4.69) is 4.98 Å². The van der Waals surface area contributed by atoms with Crippen LogP contribution in [0.2, 0.25) is 0 Å². The van der Waals surface area contributed by atoms with Crippen molar-refractivity contribution in [3.63, 3.8) is 0 Å². The maximum absolute atomic E-state index is 12.6. The maximum Gasteiger partial charge on any atom is 0.528 e. The molecule has 2 aromatic rings. The standard InChI is InChI=1S/C9H7BFNO3/c11-7-3-1-6(2-4-7)9-12-5-8(15-9)10(13)14/h1-5,13-14H. The molecule has 0 aliphatic rings. The Labute approximate surface area is 85.1 Å². The Balaban J connectivity index is 2.33. The second kappa shape index (κ2) is 3.84. The zero-order valence-corrected chi connectivity index (χ0v) is 7.59. The highest BCUT2D eigenvalue weighted by molar-refractivity contribution is 6.56. The van der Waals surface area contributed by atoms with Crippen LogP contribution in [0.15, 0.2) is 34.9 Å². The van der Waals surface area contributed by atoms with E-state index in [0.29, 0.717) is 5.56 Å². The molecule has 6 heteroatoms. The van der Waals surface area contributed by atoms with Crippen LogP contribution in [0.1, 0.15) is 0 Å². The molecule has 0 saturated carbocycles. The monoisotopic (exact) mass is 207 g/mol. The van der Waals surface area contributed by atoms with Crippen LogP contribution in [-0.2, 0) is 0 Å². The highest BCUT2D eigenvalue weighted by Gasteiger charge is 2.17. The van der Waals surface area contributed by atoms with Crippen molar-refractivity contribution >= 4 is 12.8 Å².